The molecule has 0 saturated carbocycles. The smallest absolute Gasteiger partial charge is 0.432 e. The Morgan fingerprint density at radius 2 is 2.06 bits per heavy atom. The number of nitrogens with zero attached hydrogens (tertiary/aromatic N) is 1. The fourth-order valence-corrected chi connectivity index (χ4v) is 1.63. The van der Waals surface area contributed by atoms with Crippen LogP contribution in [-0.2, 0) is 11.2 Å². The van der Waals surface area contributed by atoms with Gasteiger partial charge < -0.3 is 4.74 Å². The van der Waals surface area contributed by atoms with Gasteiger partial charge in [-0.05, 0) is 40.6 Å². The van der Waals surface area contributed by atoms with Crippen LogP contribution in [0.25, 0.3) is 0 Å². The molecule has 17 heavy (non-hydrogen) atoms. The van der Waals surface area contributed by atoms with Gasteiger partial charge in [-0.3, -0.25) is 4.79 Å². The highest BCUT2D eigenvalue weighted by atomic mass is 127. The summed E-state index contributed by atoms with van der Waals surface area (Å²) in [6, 6.07) is 7.02. The monoisotopic (exact) mass is 348 g/mol. The van der Waals surface area contributed by atoms with Gasteiger partial charge in [0.15, 0.2) is 0 Å². The van der Waals surface area contributed by atoms with Gasteiger partial charge in [0.1, 0.15) is 4.61 Å². The van der Waals surface area contributed by atoms with Crippen LogP contribution in [0.15, 0.2) is 24.3 Å². The van der Waals surface area contributed by atoms with E-state index in [2.05, 4.69) is 4.74 Å². The van der Waals surface area contributed by atoms with E-state index in [1.54, 1.807) is 12.1 Å². The van der Waals surface area contributed by atoms with Gasteiger partial charge in [0, 0.05) is 5.56 Å². The molecule has 0 atom stereocenters. The zero-order valence-corrected chi connectivity index (χ0v) is 11.5. The third-order valence-electron chi connectivity index (χ3n) is 2.22. The minimum Gasteiger partial charge on any atom is -0.437 e. The van der Waals surface area contributed by atoms with Crippen molar-refractivity contribution in [2.75, 3.05) is 4.61 Å². The second-order valence-corrected chi connectivity index (χ2v) is 3.83. The highest BCUT2D eigenvalue weighted by Crippen LogP contribution is 2.11. The zero-order valence-electron chi connectivity index (χ0n) is 9.35. The molecule has 0 heterocycles. The molecule has 0 aliphatic rings. The van der Waals surface area contributed by atoms with Crippen molar-refractivity contribution in [2.24, 2.45) is 5.84 Å². The largest absolute Gasteiger partial charge is 0.437 e. The van der Waals surface area contributed by atoms with Crippen LogP contribution in [0.2, 0.25) is 0 Å². The lowest BCUT2D eigenvalue weighted by Crippen LogP contribution is -2.43. The molecule has 0 spiro atoms. The van der Waals surface area contributed by atoms with Crippen molar-refractivity contribution in [3.8, 4) is 0 Å². The lowest BCUT2D eigenvalue weighted by atomic mass is 10.0. The predicted octanol–water partition coefficient (Wildman–Crippen LogP) is 2.09. The van der Waals surface area contributed by atoms with Crippen molar-refractivity contribution in [1.82, 2.24) is 5.01 Å². The van der Waals surface area contributed by atoms with E-state index < -0.39 is 12.0 Å². The molecule has 6 heteroatoms. The summed E-state index contributed by atoms with van der Waals surface area (Å²) in [6.07, 6.45) is -0.160. The molecule has 2 N–H and O–H groups in total. The number of halogens is 1. The van der Waals surface area contributed by atoms with Crippen molar-refractivity contribution in [1.29, 1.82) is 0 Å². The van der Waals surface area contributed by atoms with E-state index in [0.717, 1.165) is 5.56 Å². The molecule has 0 radical (unpaired) electrons. The van der Waals surface area contributed by atoms with Gasteiger partial charge in [-0.15, -0.1) is 0 Å². The number of rotatable bonds is 3. The minimum atomic E-state index is -0.852. The van der Waals surface area contributed by atoms with E-state index in [4.69, 9.17) is 5.84 Å². The van der Waals surface area contributed by atoms with E-state index >= 15 is 0 Å². The Kier molecular flexibility index (Phi) is 5.36. The molecular weight excluding hydrogens is 335 g/mol. The van der Waals surface area contributed by atoms with Gasteiger partial charge in [-0.1, -0.05) is 25.1 Å². The predicted molar refractivity (Wildman–Crippen MR) is 71.5 cm³/mol. The van der Waals surface area contributed by atoms with Crippen molar-refractivity contribution < 1.29 is 14.3 Å². The molecule has 5 nitrogen and oxygen atoms in total. The summed E-state index contributed by atoms with van der Waals surface area (Å²) in [5, 5.41) is 0.493. The summed E-state index contributed by atoms with van der Waals surface area (Å²) in [6.45, 7) is 1.93. The molecule has 2 amide bonds. The Balaban J connectivity index is 2.92. The van der Waals surface area contributed by atoms with Crippen molar-refractivity contribution >= 4 is 34.6 Å². The second kappa shape index (κ2) is 6.55. The minimum absolute atomic E-state index is 0.146. The lowest BCUT2D eigenvalue weighted by molar-refractivity contribution is 0.0701. The number of hydrazine groups is 1. The summed E-state index contributed by atoms with van der Waals surface area (Å²) in [5.74, 6) is 4.85. The number of alkyl halides is 1. The number of ether oxygens (including phenoxy) is 1. The van der Waals surface area contributed by atoms with E-state index in [1.165, 1.54) is 0 Å². The van der Waals surface area contributed by atoms with Crippen LogP contribution in [0.4, 0.5) is 4.79 Å². The summed E-state index contributed by atoms with van der Waals surface area (Å²) in [4.78, 5) is 23.2. The molecule has 0 unspecified atom stereocenters. The number of amides is 2. The number of benzene rings is 1. The van der Waals surface area contributed by atoms with Crippen LogP contribution >= 0.6 is 22.6 Å². The first-order chi connectivity index (χ1) is 8.11. The molecule has 1 aromatic rings. The molecule has 0 aliphatic heterocycles. The first-order valence-electron chi connectivity index (χ1n) is 5.01. The summed E-state index contributed by atoms with van der Waals surface area (Å²) in [7, 11) is 0. The highest BCUT2D eigenvalue weighted by molar-refractivity contribution is 14.1. The molecule has 1 rings (SSSR count). The summed E-state index contributed by atoms with van der Waals surface area (Å²) >= 11 is 1.85. The number of carbonyl (C=O) groups excluding carboxylic acids is 2. The van der Waals surface area contributed by atoms with Crippen LogP contribution in [-0.4, -0.2) is 21.6 Å². The topological polar surface area (TPSA) is 72.6 Å². The van der Waals surface area contributed by atoms with Crippen molar-refractivity contribution in [3.05, 3.63) is 35.4 Å². The third-order valence-corrected chi connectivity index (χ3v) is 2.53. The van der Waals surface area contributed by atoms with Crippen molar-refractivity contribution in [2.45, 2.75) is 13.3 Å². The maximum absolute atomic E-state index is 11.9. The second-order valence-electron chi connectivity index (χ2n) is 3.21. The Labute approximate surface area is 113 Å². The standard InChI is InChI=1S/C11H13IN2O3/c1-2-8-5-3-4-6-9(8)10(15)14(13)11(16)17-7-12/h3-6H,2,7,13H2,1H3. The molecule has 0 aromatic heterocycles. The molecule has 0 fully saturated rings. The first-order valence-corrected chi connectivity index (χ1v) is 6.54. The summed E-state index contributed by atoms with van der Waals surface area (Å²) < 4.78 is 4.79. The Bertz CT molecular complexity index is 423. The molecule has 0 aliphatic carbocycles. The van der Waals surface area contributed by atoms with Crippen LogP contribution in [0.1, 0.15) is 22.8 Å². The van der Waals surface area contributed by atoms with Gasteiger partial charge in [0.2, 0.25) is 0 Å². The molecule has 92 valence electrons. The Morgan fingerprint density at radius 3 is 2.65 bits per heavy atom. The SMILES string of the molecule is CCc1ccccc1C(=O)N(N)C(=O)OCI. The van der Waals surface area contributed by atoms with Crippen LogP contribution in [0.3, 0.4) is 0 Å². The highest BCUT2D eigenvalue weighted by Gasteiger charge is 2.22. The average Bonchev–Trinajstić information content (AvgIpc) is 2.37. The number of nitrogens with two attached hydrogens (primary N) is 1. The molecule has 1 aromatic carbocycles. The van der Waals surface area contributed by atoms with Gasteiger partial charge in [-0.25, -0.2) is 10.6 Å². The first kappa shape index (κ1) is 13.9. The van der Waals surface area contributed by atoms with E-state index in [1.807, 2.05) is 41.6 Å². The fraction of sp³-hybridized carbons (Fsp3) is 0.273. The van der Waals surface area contributed by atoms with E-state index in [-0.39, 0.29) is 4.61 Å². The van der Waals surface area contributed by atoms with E-state index in [9.17, 15) is 9.59 Å². The molecular formula is C11H13IN2O3. The van der Waals surface area contributed by atoms with Crippen LogP contribution in [0, 0.1) is 0 Å². The number of carbonyl (C=O) groups is 2. The quantitative estimate of drug-likeness (QED) is 0.299. The van der Waals surface area contributed by atoms with Gasteiger partial charge in [-0.2, -0.15) is 5.01 Å². The Morgan fingerprint density at radius 1 is 1.41 bits per heavy atom. The number of imide groups is 1. The number of aryl methyl sites for hydroxylation is 1. The van der Waals surface area contributed by atoms with Gasteiger partial charge in [0.25, 0.3) is 5.91 Å². The van der Waals surface area contributed by atoms with Crippen LogP contribution < -0.4 is 5.84 Å². The Hall–Kier alpha value is -1.15. The maximum atomic E-state index is 11.9. The zero-order chi connectivity index (χ0) is 12.8. The van der Waals surface area contributed by atoms with Gasteiger partial charge in [0.05, 0.1) is 0 Å². The lowest BCUT2D eigenvalue weighted by Gasteiger charge is -2.15. The normalized spacial score (nSPS) is 9.82. The third kappa shape index (κ3) is 3.40. The van der Waals surface area contributed by atoms with Crippen LogP contribution in [0.5, 0.6) is 0 Å². The van der Waals surface area contributed by atoms with Gasteiger partial charge >= 0.3 is 6.09 Å². The molecule has 0 saturated heterocycles. The maximum Gasteiger partial charge on any atom is 0.432 e. The number of hydrogen-bond donors (Lipinski definition) is 1. The average molecular weight is 348 g/mol. The fourth-order valence-electron chi connectivity index (χ4n) is 1.37. The number of hydrogen-bond acceptors (Lipinski definition) is 4. The van der Waals surface area contributed by atoms with E-state index in [0.29, 0.717) is 17.0 Å². The molecule has 0 bridgehead atoms. The summed E-state index contributed by atoms with van der Waals surface area (Å²) in [5.41, 5.74) is 1.26. The van der Waals surface area contributed by atoms with Crippen molar-refractivity contribution in [3.63, 3.8) is 0 Å².